The minimum Gasteiger partial charge on any atom is -0.478 e. The fraction of sp³-hybridized carbons (Fsp3) is 0.333. The molecule has 0 spiro atoms. The Morgan fingerprint density at radius 1 is 1.11 bits per heavy atom. The zero-order valence-electron chi connectivity index (χ0n) is 20.5. The predicted octanol–water partition coefficient (Wildman–Crippen LogP) is 5.52. The van der Waals surface area contributed by atoms with E-state index in [0.717, 1.165) is 36.1 Å². The van der Waals surface area contributed by atoms with E-state index in [1.807, 2.05) is 0 Å². The molecule has 1 aliphatic rings. The number of halogens is 3. The molecule has 194 valence electrons. The maximum Gasteiger partial charge on any atom is 0.416 e. The Hall–Kier alpha value is -3.95. The number of alkyl halides is 3. The van der Waals surface area contributed by atoms with Crippen LogP contribution in [0.2, 0.25) is 0 Å². The average Bonchev–Trinajstić information content (AvgIpc) is 3.68. The van der Waals surface area contributed by atoms with Crippen molar-refractivity contribution in [1.82, 2.24) is 15.3 Å². The van der Waals surface area contributed by atoms with Gasteiger partial charge in [-0.05, 0) is 62.9 Å². The molecule has 0 unspecified atom stereocenters. The second kappa shape index (κ2) is 9.84. The fourth-order valence-corrected chi connectivity index (χ4v) is 3.72. The van der Waals surface area contributed by atoms with Crippen LogP contribution in [0.15, 0.2) is 48.7 Å². The minimum absolute atomic E-state index is 0.105. The maximum absolute atomic E-state index is 13.0. The number of benzene rings is 2. The van der Waals surface area contributed by atoms with E-state index in [1.165, 1.54) is 32.2 Å². The highest BCUT2D eigenvalue weighted by Crippen LogP contribution is 2.41. The Bertz CT molecular complexity index is 1330. The van der Waals surface area contributed by atoms with E-state index in [-0.39, 0.29) is 24.2 Å². The number of carbonyl (C=O) groups excluding carboxylic acids is 1. The van der Waals surface area contributed by atoms with Crippen molar-refractivity contribution in [3.63, 3.8) is 0 Å². The highest BCUT2D eigenvalue weighted by molar-refractivity contribution is 5.95. The summed E-state index contributed by atoms with van der Waals surface area (Å²) < 4.78 is 44.2. The smallest absolute Gasteiger partial charge is 0.416 e. The molecule has 1 aromatic heterocycles. The molecule has 0 atom stereocenters. The third kappa shape index (κ3) is 6.07. The molecule has 2 aromatic carbocycles. The number of amides is 1. The number of aromatic nitrogens is 2. The summed E-state index contributed by atoms with van der Waals surface area (Å²) in [7, 11) is 0. The molecule has 4 rings (SSSR count). The van der Waals surface area contributed by atoms with Gasteiger partial charge in [-0.25, -0.2) is 14.8 Å². The van der Waals surface area contributed by atoms with E-state index in [0.29, 0.717) is 22.6 Å². The third-order valence-electron chi connectivity index (χ3n) is 6.07. The first kappa shape index (κ1) is 26.1. The fourth-order valence-electron chi connectivity index (χ4n) is 3.72. The number of aliphatic carboxylic acids is 1. The molecule has 2 N–H and O–H groups in total. The zero-order chi connectivity index (χ0) is 27.0. The van der Waals surface area contributed by atoms with Crippen LogP contribution in [-0.4, -0.2) is 32.6 Å². The molecular formula is C27H26F3N3O4. The van der Waals surface area contributed by atoms with Gasteiger partial charge in [0.05, 0.1) is 16.8 Å². The van der Waals surface area contributed by atoms with Crippen molar-refractivity contribution in [1.29, 1.82) is 0 Å². The highest BCUT2D eigenvalue weighted by atomic mass is 19.4. The van der Waals surface area contributed by atoms with Gasteiger partial charge in [0.1, 0.15) is 5.75 Å². The number of carboxylic acid groups (broad SMARTS) is 1. The quantitative estimate of drug-likeness (QED) is 0.411. The monoisotopic (exact) mass is 513 g/mol. The van der Waals surface area contributed by atoms with Crippen molar-refractivity contribution in [2.24, 2.45) is 0 Å². The SMILES string of the molecule is Cc1cc(CNC(=O)c2cnc(-c3ccc(C(F)(F)F)cc3)nc2C2CC2)ccc1OC(C)(C)C(=O)O. The normalized spacial score (nSPS) is 13.8. The van der Waals surface area contributed by atoms with Crippen LogP contribution in [0.5, 0.6) is 5.75 Å². The molecule has 1 saturated carbocycles. The number of hydrogen-bond acceptors (Lipinski definition) is 5. The molecule has 0 aliphatic heterocycles. The lowest BCUT2D eigenvalue weighted by atomic mass is 10.1. The standard InChI is InChI=1S/C27H26F3N3O4/c1-15-12-16(4-11-21(15)37-26(2,3)25(35)36)13-32-24(34)20-14-31-23(33-22(20)17-5-6-17)18-7-9-19(10-8-18)27(28,29)30/h4,7-12,14,17H,5-6,13H2,1-3H3,(H,32,34)(H,35,36). The lowest BCUT2D eigenvalue weighted by molar-refractivity contribution is -0.152. The summed E-state index contributed by atoms with van der Waals surface area (Å²) in [6.07, 6.45) is -1.27. The second-order valence-corrected chi connectivity index (χ2v) is 9.54. The van der Waals surface area contributed by atoms with Crippen LogP contribution in [0.4, 0.5) is 13.2 Å². The summed E-state index contributed by atoms with van der Waals surface area (Å²) in [6.45, 7) is 4.93. The molecule has 1 fully saturated rings. The van der Waals surface area contributed by atoms with Crippen molar-refractivity contribution >= 4 is 11.9 Å². The van der Waals surface area contributed by atoms with Crippen molar-refractivity contribution < 1.29 is 32.6 Å². The van der Waals surface area contributed by atoms with Crippen molar-refractivity contribution in [2.75, 3.05) is 0 Å². The zero-order valence-corrected chi connectivity index (χ0v) is 20.5. The molecule has 37 heavy (non-hydrogen) atoms. The minimum atomic E-state index is -4.43. The molecule has 1 amide bonds. The van der Waals surface area contributed by atoms with Crippen LogP contribution in [0.1, 0.15) is 65.3 Å². The van der Waals surface area contributed by atoms with Gasteiger partial charge in [0.15, 0.2) is 11.4 Å². The molecule has 10 heteroatoms. The lowest BCUT2D eigenvalue weighted by Crippen LogP contribution is -2.38. The summed E-state index contributed by atoms with van der Waals surface area (Å²) in [6, 6.07) is 9.82. The van der Waals surface area contributed by atoms with Crippen LogP contribution >= 0.6 is 0 Å². The number of rotatable bonds is 8. The van der Waals surface area contributed by atoms with Crippen molar-refractivity contribution in [3.05, 3.63) is 76.6 Å². The number of carbonyl (C=O) groups is 2. The van der Waals surface area contributed by atoms with E-state index in [9.17, 15) is 27.9 Å². The lowest BCUT2D eigenvalue weighted by Gasteiger charge is -2.23. The van der Waals surface area contributed by atoms with Gasteiger partial charge in [-0.1, -0.05) is 24.3 Å². The van der Waals surface area contributed by atoms with Crippen molar-refractivity contribution in [3.8, 4) is 17.1 Å². The van der Waals surface area contributed by atoms with Crippen LogP contribution in [0.25, 0.3) is 11.4 Å². The van der Waals surface area contributed by atoms with Gasteiger partial charge in [0.2, 0.25) is 0 Å². The second-order valence-electron chi connectivity index (χ2n) is 9.54. The van der Waals surface area contributed by atoms with E-state index in [4.69, 9.17) is 4.74 Å². The highest BCUT2D eigenvalue weighted by Gasteiger charge is 2.32. The van der Waals surface area contributed by atoms with Crippen LogP contribution in [-0.2, 0) is 17.5 Å². The first-order valence-electron chi connectivity index (χ1n) is 11.7. The van der Waals surface area contributed by atoms with Crippen LogP contribution in [0.3, 0.4) is 0 Å². The van der Waals surface area contributed by atoms with E-state index in [1.54, 1.807) is 25.1 Å². The van der Waals surface area contributed by atoms with Gasteiger partial charge in [-0.15, -0.1) is 0 Å². The van der Waals surface area contributed by atoms with Crippen LogP contribution < -0.4 is 10.1 Å². The Labute approximate surface area is 211 Å². The molecular weight excluding hydrogens is 487 g/mol. The number of hydrogen-bond donors (Lipinski definition) is 2. The van der Waals surface area contributed by atoms with Gasteiger partial charge in [0, 0.05) is 24.2 Å². The van der Waals surface area contributed by atoms with Gasteiger partial charge in [-0.3, -0.25) is 4.79 Å². The maximum atomic E-state index is 13.0. The average molecular weight is 514 g/mol. The van der Waals surface area contributed by atoms with Gasteiger partial charge >= 0.3 is 12.1 Å². The Morgan fingerprint density at radius 3 is 2.35 bits per heavy atom. The van der Waals surface area contributed by atoms with Gasteiger partial charge in [-0.2, -0.15) is 13.2 Å². The van der Waals surface area contributed by atoms with Crippen LogP contribution in [0, 0.1) is 6.92 Å². The van der Waals surface area contributed by atoms with Gasteiger partial charge < -0.3 is 15.2 Å². The Morgan fingerprint density at radius 2 is 1.78 bits per heavy atom. The number of aryl methyl sites for hydroxylation is 1. The predicted molar refractivity (Wildman–Crippen MR) is 129 cm³/mol. The topological polar surface area (TPSA) is 101 Å². The molecule has 7 nitrogen and oxygen atoms in total. The first-order valence-corrected chi connectivity index (χ1v) is 11.7. The number of ether oxygens (including phenoxy) is 1. The summed E-state index contributed by atoms with van der Waals surface area (Å²) in [5, 5.41) is 12.1. The molecule has 0 radical (unpaired) electrons. The molecule has 1 heterocycles. The summed E-state index contributed by atoms with van der Waals surface area (Å²) >= 11 is 0. The number of nitrogens with zero attached hydrogens (tertiary/aromatic N) is 2. The van der Waals surface area contributed by atoms with E-state index >= 15 is 0 Å². The molecule has 0 saturated heterocycles. The first-order chi connectivity index (χ1) is 17.3. The number of carboxylic acids is 1. The van der Waals surface area contributed by atoms with Crippen molar-refractivity contribution in [2.45, 2.75) is 57.9 Å². The molecule has 0 bridgehead atoms. The summed E-state index contributed by atoms with van der Waals surface area (Å²) in [4.78, 5) is 33.1. The molecule has 3 aromatic rings. The Kier molecular flexibility index (Phi) is 6.94. The molecule has 1 aliphatic carbocycles. The summed E-state index contributed by atoms with van der Waals surface area (Å²) in [5.74, 6) is -0.631. The van der Waals surface area contributed by atoms with E-state index < -0.39 is 23.3 Å². The number of nitrogens with one attached hydrogen (secondary N) is 1. The van der Waals surface area contributed by atoms with E-state index in [2.05, 4.69) is 15.3 Å². The Balaban J connectivity index is 1.48. The summed E-state index contributed by atoms with van der Waals surface area (Å²) in [5.41, 5.74) is 0.731. The van der Waals surface area contributed by atoms with Gasteiger partial charge in [0.25, 0.3) is 5.91 Å². The third-order valence-corrected chi connectivity index (χ3v) is 6.07. The largest absolute Gasteiger partial charge is 0.478 e.